The Labute approximate surface area is 183 Å². The Bertz CT molecular complexity index is 954. The summed E-state index contributed by atoms with van der Waals surface area (Å²) in [6.45, 7) is 2.77. The molecule has 0 radical (unpaired) electrons. The van der Waals surface area contributed by atoms with Gasteiger partial charge in [-0.2, -0.15) is 13.2 Å². The Kier molecular flexibility index (Phi) is 6.29. The maximum atomic E-state index is 12.9. The summed E-state index contributed by atoms with van der Waals surface area (Å²) in [5.74, 6) is 0.213. The molecule has 0 atom stereocenters. The number of rotatable bonds is 3. The first-order valence-corrected chi connectivity index (χ1v) is 10.6. The second kappa shape index (κ2) is 9.13. The average Bonchev–Trinajstić information content (AvgIpc) is 2.83. The predicted molar refractivity (Wildman–Crippen MR) is 111 cm³/mol. The van der Waals surface area contributed by atoms with Crippen LogP contribution in [0, 0.1) is 5.92 Å². The van der Waals surface area contributed by atoms with Gasteiger partial charge in [-0.1, -0.05) is 6.07 Å². The van der Waals surface area contributed by atoms with E-state index < -0.39 is 17.6 Å². The summed E-state index contributed by atoms with van der Waals surface area (Å²) in [5, 5.41) is 0. The molecule has 170 valence electrons. The number of aromatic nitrogens is 2. The number of piperidine rings is 1. The van der Waals surface area contributed by atoms with E-state index in [4.69, 9.17) is 0 Å². The minimum absolute atomic E-state index is 0.00936. The molecule has 3 heterocycles. The van der Waals surface area contributed by atoms with E-state index in [-0.39, 0.29) is 17.4 Å². The zero-order valence-corrected chi connectivity index (χ0v) is 17.5. The van der Waals surface area contributed by atoms with Gasteiger partial charge >= 0.3 is 6.18 Å². The first-order valence-electron chi connectivity index (χ1n) is 10.6. The number of piperazine rings is 1. The Hall–Kier alpha value is -3.17. The summed E-state index contributed by atoms with van der Waals surface area (Å²) in [6, 6.07) is 6.21. The molecule has 4 rings (SSSR count). The SMILES string of the molecule is O=C(c1cccc(C(F)(F)F)c1)N1CCN(C(=O)C2CCN(c3ncccn3)CC2)CC1. The number of anilines is 1. The zero-order chi connectivity index (χ0) is 22.7. The van der Waals surface area contributed by atoms with Crippen LogP contribution in [0.3, 0.4) is 0 Å². The molecule has 2 aliphatic heterocycles. The highest BCUT2D eigenvalue weighted by Gasteiger charge is 2.33. The number of amides is 2. The van der Waals surface area contributed by atoms with E-state index in [1.165, 1.54) is 17.0 Å². The second-order valence-electron chi connectivity index (χ2n) is 8.01. The van der Waals surface area contributed by atoms with Crippen molar-refractivity contribution in [3.05, 3.63) is 53.9 Å². The van der Waals surface area contributed by atoms with E-state index in [9.17, 15) is 22.8 Å². The highest BCUT2D eigenvalue weighted by atomic mass is 19.4. The van der Waals surface area contributed by atoms with Crippen molar-refractivity contribution >= 4 is 17.8 Å². The molecule has 10 heteroatoms. The normalized spacial score (nSPS) is 18.0. The first kappa shape index (κ1) is 22.0. The molecule has 2 fully saturated rings. The molecule has 32 heavy (non-hydrogen) atoms. The van der Waals surface area contributed by atoms with Crippen molar-refractivity contribution in [2.45, 2.75) is 19.0 Å². The van der Waals surface area contributed by atoms with E-state index in [1.54, 1.807) is 23.4 Å². The standard InChI is InChI=1S/C22H24F3N5O2/c23-22(24,25)18-4-1-3-17(15-18)20(32)29-13-11-28(12-14-29)19(31)16-5-9-30(10-6-16)21-26-7-2-8-27-21/h1-4,7-8,15-16H,5-6,9-14H2. The number of benzene rings is 1. The molecule has 2 aromatic rings. The summed E-state index contributed by atoms with van der Waals surface area (Å²) in [4.78, 5) is 39.4. The predicted octanol–water partition coefficient (Wildman–Crippen LogP) is 2.70. The van der Waals surface area contributed by atoms with Gasteiger partial charge in [0.15, 0.2) is 0 Å². The molecule has 7 nitrogen and oxygen atoms in total. The molecule has 2 amide bonds. The van der Waals surface area contributed by atoms with E-state index in [0.29, 0.717) is 58.1 Å². The van der Waals surface area contributed by atoms with Crippen molar-refractivity contribution in [3.63, 3.8) is 0 Å². The third-order valence-electron chi connectivity index (χ3n) is 5.99. The monoisotopic (exact) mass is 447 g/mol. The number of halogens is 3. The fourth-order valence-electron chi connectivity index (χ4n) is 4.18. The van der Waals surface area contributed by atoms with E-state index in [0.717, 1.165) is 12.1 Å². The van der Waals surface area contributed by atoms with Gasteiger partial charge < -0.3 is 14.7 Å². The minimum atomic E-state index is -4.50. The quantitative estimate of drug-likeness (QED) is 0.724. The van der Waals surface area contributed by atoms with Crippen LogP contribution in [0.1, 0.15) is 28.8 Å². The smallest absolute Gasteiger partial charge is 0.341 e. The summed E-state index contributed by atoms with van der Waals surface area (Å²) >= 11 is 0. The summed E-state index contributed by atoms with van der Waals surface area (Å²) < 4.78 is 38.8. The molecule has 0 spiro atoms. The van der Waals surface area contributed by atoms with Crippen molar-refractivity contribution in [2.75, 3.05) is 44.2 Å². The molecule has 2 saturated heterocycles. The summed E-state index contributed by atoms with van der Waals surface area (Å²) in [7, 11) is 0. The first-order chi connectivity index (χ1) is 15.3. The molecule has 1 aromatic carbocycles. The van der Waals surface area contributed by atoms with Gasteiger partial charge in [0.05, 0.1) is 5.56 Å². The molecular formula is C22H24F3N5O2. The summed E-state index contributed by atoms with van der Waals surface area (Å²) in [5.41, 5.74) is -0.834. The van der Waals surface area contributed by atoms with Gasteiger partial charge in [0, 0.05) is 63.1 Å². The zero-order valence-electron chi connectivity index (χ0n) is 17.5. The van der Waals surface area contributed by atoms with Crippen LogP contribution >= 0.6 is 0 Å². The number of carbonyl (C=O) groups is 2. The van der Waals surface area contributed by atoms with Crippen LogP contribution < -0.4 is 4.90 Å². The third-order valence-corrected chi connectivity index (χ3v) is 5.99. The molecule has 0 N–H and O–H groups in total. The summed E-state index contributed by atoms with van der Waals surface area (Å²) in [6.07, 6.45) is 0.310. The second-order valence-corrected chi connectivity index (χ2v) is 8.01. The lowest BCUT2D eigenvalue weighted by atomic mass is 9.95. The van der Waals surface area contributed by atoms with Gasteiger partial charge in [-0.15, -0.1) is 0 Å². The molecule has 2 aliphatic rings. The molecular weight excluding hydrogens is 423 g/mol. The topological polar surface area (TPSA) is 69.6 Å². The number of hydrogen-bond donors (Lipinski definition) is 0. The van der Waals surface area contributed by atoms with E-state index in [2.05, 4.69) is 14.9 Å². The van der Waals surface area contributed by atoms with E-state index in [1.807, 2.05) is 0 Å². The Morgan fingerprint density at radius 3 is 2.12 bits per heavy atom. The average molecular weight is 447 g/mol. The van der Waals surface area contributed by atoms with Crippen LogP contribution in [-0.4, -0.2) is 70.9 Å². The van der Waals surface area contributed by atoms with Gasteiger partial charge in [-0.05, 0) is 37.1 Å². The van der Waals surface area contributed by atoms with Crippen molar-refractivity contribution in [3.8, 4) is 0 Å². The Morgan fingerprint density at radius 2 is 1.50 bits per heavy atom. The van der Waals surface area contributed by atoms with Crippen LogP contribution in [0.25, 0.3) is 0 Å². The number of carbonyl (C=O) groups excluding carboxylic acids is 2. The third kappa shape index (κ3) is 4.84. The van der Waals surface area contributed by atoms with Crippen molar-refractivity contribution in [2.24, 2.45) is 5.92 Å². The lowest BCUT2D eigenvalue weighted by Gasteiger charge is -2.38. The van der Waals surface area contributed by atoms with Crippen molar-refractivity contribution < 1.29 is 22.8 Å². The Morgan fingerprint density at radius 1 is 0.875 bits per heavy atom. The van der Waals surface area contributed by atoms with Crippen LogP contribution in [0.4, 0.5) is 19.1 Å². The molecule has 0 bridgehead atoms. The van der Waals surface area contributed by atoms with Gasteiger partial charge in [-0.3, -0.25) is 9.59 Å². The number of alkyl halides is 3. The fourth-order valence-corrected chi connectivity index (χ4v) is 4.18. The van der Waals surface area contributed by atoms with Crippen molar-refractivity contribution in [1.29, 1.82) is 0 Å². The van der Waals surface area contributed by atoms with Gasteiger partial charge in [0.1, 0.15) is 0 Å². The molecule has 0 saturated carbocycles. The molecule has 0 unspecified atom stereocenters. The van der Waals surface area contributed by atoms with E-state index >= 15 is 0 Å². The lowest BCUT2D eigenvalue weighted by Crippen LogP contribution is -2.53. The lowest BCUT2D eigenvalue weighted by molar-refractivity contribution is -0.138. The fraction of sp³-hybridized carbons (Fsp3) is 0.455. The maximum absolute atomic E-state index is 12.9. The molecule has 0 aliphatic carbocycles. The van der Waals surface area contributed by atoms with Gasteiger partial charge in [0.2, 0.25) is 11.9 Å². The maximum Gasteiger partial charge on any atom is 0.416 e. The number of nitrogens with zero attached hydrogens (tertiary/aromatic N) is 5. The number of hydrogen-bond acceptors (Lipinski definition) is 5. The van der Waals surface area contributed by atoms with Gasteiger partial charge in [0.25, 0.3) is 5.91 Å². The largest absolute Gasteiger partial charge is 0.416 e. The van der Waals surface area contributed by atoms with Crippen molar-refractivity contribution in [1.82, 2.24) is 19.8 Å². The van der Waals surface area contributed by atoms with Crippen LogP contribution in [0.2, 0.25) is 0 Å². The van der Waals surface area contributed by atoms with Crippen LogP contribution in [0.15, 0.2) is 42.7 Å². The van der Waals surface area contributed by atoms with Gasteiger partial charge in [-0.25, -0.2) is 9.97 Å². The highest BCUT2D eigenvalue weighted by molar-refractivity contribution is 5.94. The molecule has 1 aromatic heterocycles. The van der Waals surface area contributed by atoms with Crippen LogP contribution in [0.5, 0.6) is 0 Å². The Balaban J connectivity index is 1.29. The minimum Gasteiger partial charge on any atom is -0.341 e. The van der Waals surface area contributed by atoms with Crippen LogP contribution in [-0.2, 0) is 11.0 Å². The highest BCUT2D eigenvalue weighted by Crippen LogP contribution is 2.30.